The van der Waals surface area contributed by atoms with Crippen molar-refractivity contribution >= 4 is 33.2 Å². The molecule has 5 N–H and O–H groups in total. The minimum Gasteiger partial charge on any atom is -0.397 e. The van der Waals surface area contributed by atoms with Gasteiger partial charge in [0.15, 0.2) is 0 Å². The molecule has 0 heterocycles. The molecule has 1 fully saturated rings. The number of hydrogen-bond donors (Lipinski definition) is 3. The highest BCUT2D eigenvalue weighted by molar-refractivity contribution is 8.00. The summed E-state index contributed by atoms with van der Waals surface area (Å²) >= 11 is 1.85. The van der Waals surface area contributed by atoms with Crippen molar-refractivity contribution in [1.82, 2.24) is 0 Å². The number of benzene rings is 1. The number of primary sulfonamides is 1. The lowest BCUT2D eigenvalue weighted by Crippen LogP contribution is -2.18. The van der Waals surface area contributed by atoms with Crippen LogP contribution in [0.2, 0.25) is 0 Å². The fourth-order valence-corrected chi connectivity index (χ4v) is 3.00. The number of anilines is 2. The quantitative estimate of drug-likeness (QED) is 0.707. The summed E-state index contributed by atoms with van der Waals surface area (Å²) in [7, 11) is -3.69. The van der Waals surface area contributed by atoms with E-state index < -0.39 is 10.0 Å². The van der Waals surface area contributed by atoms with Crippen LogP contribution in [0.25, 0.3) is 0 Å². The van der Waals surface area contributed by atoms with Crippen molar-refractivity contribution in [3.8, 4) is 0 Å². The van der Waals surface area contributed by atoms with Crippen LogP contribution in [0.5, 0.6) is 0 Å². The highest BCUT2D eigenvalue weighted by Gasteiger charge is 2.41. The van der Waals surface area contributed by atoms with E-state index in [-0.39, 0.29) is 4.90 Å². The van der Waals surface area contributed by atoms with Crippen molar-refractivity contribution in [3.05, 3.63) is 18.2 Å². The van der Waals surface area contributed by atoms with E-state index in [2.05, 4.69) is 11.6 Å². The van der Waals surface area contributed by atoms with Crippen molar-refractivity contribution in [2.45, 2.75) is 22.5 Å². The molecule has 0 aromatic heterocycles. The Morgan fingerprint density at radius 2 is 2.11 bits per heavy atom. The second kappa shape index (κ2) is 4.64. The number of rotatable bonds is 5. The maximum absolute atomic E-state index is 11.2. The summed E-state index contributed by atoms with van der Waals surface area (Å²) in [5.74, 6) is 0. The fourth-order valence-electron chi connectivity index (χ4n) is 1.73. The van der Waals surface area contributed by atoms with Crippen LogP contribution in [0.3, 0.4) is 0 Å². The zero-order chi connectivity index (χ0) is 13.4. The molecule has 100 valence electrons. The monoisotopic (exact) mass is 287 g/mol. The van der Waals surface area contributed by atoms with Gasteiger partial charge in [0.2, 0.25) is 10.0 Å². The number of sulfonamides is 1. The van der Waals surface area contributed by atoms with Gasteiger partial charge in [-0.1, -0.05) is 0 Å². The summed E-state index contributed by atoms with van der Waals surface area (Å²) in [6.45, 7) is 0.840. The van der Waals surface area contributed by atoms with Crippen LogP contribution in [0.15, 0.2) is 23.1 Å². The van der Waals surface area contributed by atoms with Gasteiger partial charge in [0.05, 0.1) is 16.3 Å². The second-order valence-electron chi connectivity index (χ2n) is 4.53. The number of hydrogen-bond acceptors (Lipinski definition) is 5. The highest BCUT2D eigenvalue weighted by Crippen LogP contribution is 2.47. The van der Waals surface area contributed by atoms with Crippen LogP contribution >= 0.6 is 11.8 Å². The Morgan fingerprint density at radius 1 is 1.44 bits per heavy atom. The molecule has 0 saturated heterocycles. The van der Waals surface area contributed by atoms with Gasteiger partial charge in [-0.15, -0.1) is 0 Å². The molecule has 0 spiro atoms. The topological polar surface area (TPSA) is 98.2 Å². The SMILES string of the molecule is CSC1(CNc2ccc(S(N)(=O)=O)cc2N)CC1. The van der Waals surface area contributed by atoms with Crippen molar-refractivity contribution in [2.24, 2.45) is 5.14 Å². The molecule has 2 rings (SSSR count). The summed E-state index contributed by atoms with van der Waals surface area (Å²) in [4.78, 5) is 0.0385. The second-order valence-corrected chi connectivity index (χ2v) is 7.37. The summed E-state index contributed by atoms with van der Waals surface area (Å²) < 4.78 is 22.7. The number of nitrogen functional groups attached to an aromatic ring is 1. The van der Waals surface area contributed by atoms with Gasteiger partial charge in [-0.25, -0.2) is 13.6 Å². The van der Waals surface area contributed by atoms with Crippen LogP contribution in [0.1, 0.15) is 12.8 Å². The molecule has 1 aliphatic rings. The Kier molecular flexibility index (Phi) is 3.48. The first kappa shape index (κ1) is 13.5. The summed E-state index contributed by atoms with van der Waals surface area (Å²) in [5.41, 5.74) is 6.97. The maximum atomic E-state index is 11.2. The van der Waals surface area contributed by atoms with Gasteiger partial charge in [0.1, 0.15) is 0 Å². The number of thioether (sulfide) groups is 1. The van der Waals surface area contributed by atoms with E-state index in [4.69, 9.17) is 10.9 Å². The maximum Gasteiger partial charge on any atom is 0.238 e. The molecule has 0 aliphatic heterocycles. The van der Waals surface area contributed by atoms with Crippen LogP contribution < -0.4 is 16.2 Å². The van der Waals surface area contributed by atoms with E-state index >= 15 is 0 Å². The largest absolute Gasteiger partial charge is 0.397 e. The molecule has 0 atom stereocenters. The Bertz CT molecular complexity index is 553. The zero-order valence-corrected chi connectivity index (χ0v) is 11.8. The molecular formula is C11H17N3O2S2. The molecule has 1 aromatic carbocycles. The molecular weight excluding hydrogens is 270 g/mol. The molecule has 18 heavy (non-hydrogen) atoms. The Morgan fingerprint density at radius 3 is 2.56 bits per heavy atom. The third-order valence-corrected chi connectivity index (χ3v) is 5.52. The third kappa shape index (κ3) is 2.90. The van der Waals surface area contributed by atoms with E-state index in [1.165, 1.54) is 25.0 Å². The molecule has 0 bridgehead atoms. The summed E-state index contributed by atoms with van der Waals surface area (Å²) in [5, 5.41) is 8.31. The van der Waals surface area contributed by atoms with Gasteiger partial charge in [-0.3, -0.25) is 0 Å². The van der Waals surface area contributed by atoms with Gasteiger partial charge in [0.25, 0.3) is 0 Å². The van der Waals surface area contributed by atoms with E-state index in [0.29, 0.717) is 10.4 Å². The minimum atomic E-state index is -3.69. The number of nitrogens with one attached hydrogen (secondary N) is 1. The van der Waals surface area contributed by atoms with Gasteiger partial charge in [-0.2, -0.15) is 11.8 Å². The minimum absolute atomic E-state index is 0.0385. The normalized spacial score (nSPS) is 17.4. The molecule has 7 heteroatoms. The lowest BCUT2D eigenvalue weighted by molar-refractivity contribution is 0.598. The average Bonchev–Trinajstić information content (AvgIpc) is 3.07. The van der Waals surface area contributed by atoms with Crippen molar-refractivity contribution < 1.29 is 8.42 Å². The molecule has 0 radical (unpaired) electrons. The predicted molar refractivity (Wildman–Crippen MR) is 76.2 cm³/mol. The van der Waals surface area contributed by atoms with E-state index in [9.17, 15) is 8.42 Å². The van der Waals surface area contributed by atoms with Crippen LogP contribution in [0, 0.1) is 0 Å². The van der Waals surface area contributed by atoms with Crippen molar-refractivity contribution in [3.63, 3.8) is 0 Å². The van der Waals surface area contributed by atoms with E-state index in [0.717, 1.165) is 12.2 Å². The average molecular weight is 287 g/mol. The lowest BCUT2D eigenvalue weighted by atomic mass is 10.2. The Labute approximate surface area is 111 Å². The molecule has 1 aliphatic carbocycles. The molecule has 0 unspecified atom stereocenters. The first-order valence-corrected chi connectivity index (χ1v) is 8.35. The van der Waals surface area contributed by atoms with Crippen molar-refractivity contribution in [1.29, 1.82) is 0 Å². The van der Waals surface area contributed by atoms with Gasteiger partial charge < -0.3 is 11.1 Å². The van der Waals surface area contributed by atoms with Gasteiger partial charge in [-0.05, 0) is 37.3 Å². The van der Waals surface area contributed by atoms with E-state index in [1.54, 1.807) is 6.07 Å². The summed E-state index contributed by atoms with van der Waals surface area (Å²) in [6, 6.07) is 4.51. The Hall–Kier alpha value is -0.920. The first-order chi connectivity index (χ1) is 8.36. The highest BCUT2D eigenvalue weighted by atomic mass is 32.2. The zero-order valence-electron chi connectivity index (χ0n) is 10.1. The van der Waals surface area contributed by atoms with Crippen LogP contribution in [-0.4, -0.2) is 26.0 Å². The van der Waals surface area contributed by atoms with Gasteiger partial charge >= 0.3 is 0 Å². The smallest absolute Gasteiger partial charge is 0.238 e. The number of nitrogens with two attached hydrogens (primary N) is 2. The molecule has 5 nitrogen and oxygen atoms in total. The molecule has 0 amide bonds. The van der Waals surface area contributed by atoms with E-state index in [1.807, 2.05) is 11.8 Å². The first-order valence-electron chi connectivity index (χ1n) is 5.58. The third-order valence-electron chi connectivity index (χ3n) is 3.19. The van der Waals surface area contributed by atoms with Gasteiger partial charge in [0, 0.05) is 11.3 Å². The van der Waals surface area contributed by atoms with Crippen LogP contribution in [0.4, 0.5) is 11.4 Å². The Balaban J connectivity index is 2.11. The fraction of sp³-hybridized carbons (Fsp3) is 0.455. The lowest BCUT2D eigenvalue weighted by Gasteiger charge is -2.15. The molecule has 1 aromatic rings. The van der Waals surface area contributed by atoms with Crippen LogP contribution in [-0.2, 0) is 10.0 Å². The summed E-state index contributed by atoms with van der Waals surface area (Å²) in [6.07, 6.45) is 4.51. The standard InChI is InChI=1S/C11H17N3O2S2/c1-17-11(4-5-11)7-14-10-3-2-8(6-9(10)12)18(13,15)16/h2-3,6,14H,4-5,7,12H2,1H3,(H2,13,15,16). The predicted octanol–water partition coefficient (Wildman–Crippen LogP) is 1.22. The molecule has 1 saturated carbocycles. The van der Waals surface area contributed by atoms with Crippen molar-refractivity contribution in [2.75, 3.05) is 23.9 Å².